The van der Waals surface area contributed by atoms with Gasteiger partial charge in [0.2, 0.25) is 0 Å². The average molecular weight is 340 g/mol. The highest BCUT2D eigenvalue weighted by Gasteiger charge is 2.17. The molecule has 0 saturated heterocycles. The molecule has 0 aromatic heterocycles. The van der Waals surface area contributed by atoms with Gasteiger partial charge in [0, 0.05) is 28.6 Å². The number of aliphatic hydroxyl groups excluding tert-OH is 1. The van der Waals surface area contributed by atoms with Crippen molar-refractivity contribution in [2.24, 2.45) is 0 Å². The van der Waals surface area contributed by atoms with Gasteiger partial charge in [0.25, 0.3) is 5.69 Å². The van der Waals surface area contributed by atoms with Crippen LogP contribution in [0.25, 0.3) is 0 Å². The molecular formula is C14H11BrFNO3. The fourth-order valence-electron chi connectivity index (χ4n) is 1.91. The van der Waals surface area contributed by atoms with Gasteiger partial charge in [0.05, 0.1) is 11.0 Å². The molecule has 0 spiro atoms. The van der Waals surface area contributed by atoms with Crippen molar-refractivity contribution in [3.05, 3.63) is 74.0 Å². The number of halogens is 2. The molecule has 0 saturated carbocycles. The van der Waals surface area contributed by atoms with Gasteiger partial charge in [0.15, 0.2) is 0 Å². The number of benzene rings is 2. The molecule has 1 N–H and O–H groups in total. The lowest BCUT2D eigenvalue weighted by Gasteiger charge is -2.13. The molecule has 0 bridgehead atoms. The molecule has 0 aliphatic carbocycles. The molecule has 0 aliphatic heterocycles. The summed E-state index contributed by atoms with van der Waals surface area (Å²) in [6, 6.07) is 10.3. The Balaban J connectivity index is 2.19. The fraction of sp³-hybridized carbons (Fsp3) is 0.143. The standard InChI is InChI=1S/C14H11BrFNO3/c15-11-2-1-3-12(16)14(11)13(18)8-9-4-6-10(7-5-9)17(19)20/h1-7,13,18H,8H2. The van der Waals surface area contributed by atoms with Crippen LogP contribution in [-0.2, 0) is 6.42 Å². The van der Waals surface area contributed by atoms with Crippen molar-refractivity contribution in [3.63, 3.8) is 0 Å². The molecule has 0 amide bonds. The molecule has 0 fully saturated rings. The van der Waals surface area contributed by atoms with E-state index in [-0.39, 0.29) is 17.7 Å². The second-order valence-corrected chi connectivity index (χ2v) is 5.13. The van der Waals surface area contributed by atoms with E-state index in [1.807, 2.05) is 0 Å². The van der Waals surface area contributed by atoms with Crippen LogP contribution < -0.4 is 0 Å². The van der Waals surface area contributed by atoms with E-state index in [1.165, 1.54) is 18.2 Å². The first kappa shape index (κ1) is 14.6. The van der Waals surface area contributed by atoms with Gasteiger partial charge in [-0.25, -0.2) is 4.39 Å². The zero-order valence-electron chi connectivity index (χ0n) is 10.3. The lowest BCUT2D eigenvalue weighted by atomic mass is 10.0. The summed E-state index contributed by atoms with van der Waals surface area (Å²) in [4.78, 5) is 10.1. The van der Waals surface area contributed by atoms with Gasteiger partial charge in [-0.05, 0) is 17.7 Å². The minimum Gasteiger partial charge on any atom is -0.388 e. The lowest BCUT2D eigenvalue weighted by molar-refractivity contribution is -0.384. The van der Waals surface area contributed by atoms with E-state index in [1.54, 1.807) is 24.3 Å². The highest BCUT2D eigenvalue weighted by molar-refractivity contribution is 9.10. The van der Waals surface area contributed by atoms with Gasteiger partial charge < -0.3 is 5.11 Å². The Kier molecular flexibility index (Phi) is 4.46. The molecule has 2 rings (SSSR count). The maximum Gasteiger partial charge on any atom is 0.269 e. The average Bonchev–Trinajstić information content (AvgIpc) is 2.39. The van der Waals surface area contributed by atoms with Crippen molar-refractivity contribution in [1.29, 1.82) is 0 Å². The summed E-state index contributed by atoms with van der Waals surface area (Å²) < 4.78 is 14.2. The first-order valence-corrected chi connectivity index (χ1v) is 6.63. The maximum absolute atomic E-state index is 13.7. The van der Waals surface area contributed by atoms with E-state index in [0.29, 0.717) is 10.0 Å². The normalized spacial score (nSPS) is 12.2. The third-order valence-corrected chi connectivity index (χ3v) is 3.60. The van der Waals surface area contributed by atoms with Crippen molar-refractivity contribution < 1.29 is 14.4 Å². The minimum atomic E-state index is -1.02. The van der Waals surface area contributed by atoms with Crippen LogP contribution in [0.15, 0.2) is 46.9 Å². The van der Waals surface area contributed by atoms with Crippen LogP contribution in [0.4, 0.5) is 10.1 Å². The molecule has 2 aromatic rings. The Morgan fingerprint density at radius 1 is 1.25 bits per heavy atom. The summed E-state index contributed by atoms with van der Waals surface area (Å²) in [6.45, 7) is 0. The molecule has 0 radical (unpaired) electrons. The molecule has 0 aliphatic rings. The van der Waals surface area contributed by atoms with Crippen LogP contribution in [0.3, 0.4) is 0 Å². The number of aliphatic hydroxyl groups is 1. The highest BCUT2D eigenvalue weighted by atomic mass is 79.9. The molecule has 0 heterocycles. The summed E-state index contributed by atoms with van der Waals surface area (Å²) in [5, 5.41) is 20.7. The Bertz CT molecular complexity index is 611. The zero-order chi connectivity index (χ0) is 14.7. The Hall–Kier alpha value is -1.79. The SMILES string of the molecule is O=[N+]([O-])c1ccc(CC(O)c2c(F)cccc2Br)cc1. The quantitative estimate of drug-likeness (QED) is 0.681. The van der Waals surface area contributed by atoms with Crippen LogP contribution in [0.5, 0.6) is 0 Å². The summed E-state index contributed by atoms with van der Waals surface area (Å²) in [7, 11) is 0. The molecule has 4 nitrogen and oxygen atoms in total. The highest BCUT2D eigenvalue weighted by Crippen LogP contribution is 2.28. The predicted molar refractivity (Wildman–Crippen MR) is 75.9 cm³/mol. The smallest absolute Gasteiger partial charge is 0.269 e. The van der Waals surface area contributed by atoms with Crippen molar-refractivity contribution in [2.45, 2.75) is 12.5 Å². The Morgan fingerprint density at radius 2 is 1.90 bits per heavy atom. The van der Waals surface area contributed by atoms with Gasteiger partial charge in [-0.15, -0.1) is 0 Å². The number of hydrogen-bond donors (Lipinski definition) is 1. The number of non-ortho nitro benzene ring substituents is 1. The molecule has 1 unspecified atom stereocenters. The van der Waals surface area contributed by atoms with Crippen LogP contribution in [0.1, 0.15) is 17.2 Å². The second kappa shape index (κ2) is 6.11. The molecule has 1 atom stereocenters. The fourth-order valence-corrected chi connectivity index (χ4v) is 2.51. The molecule has 6 heteroatoms. The number of nitrogens with zero attached hydrogens (tertiary/aromatic N) is 1. The van der Waals surface area contributed by atoms with Crippen LogP contribution in [-0.4, -0.2) is 10.0 Å². The minimum absolute atomic E-state index is 0.0182. The third kappa shape index (κ3) is 3.20. The Labute approximate surface area is 123 Å². The summed E-state index contributed by atoms with van der Waals surface area (Å²) >= 11 is 3.20. The largest absolute Gasteiger partial charge is 0.388 e. The number of nitro benzene ring substituents is 1. The van der Waals surface area contributed by atoms with Crippen molar-refractivity contribution in [2.75, 3.05) is 0 Å². The van der Waals surface area contributed by atoms with Gasteiger partial charge >= 0.3 is 0 Å². The van der Waals surface area contributed by atoms with Gasteiger partial charge in [0.1, 0.15) is 5.82 Å². The Morgan fingerprint density at radius 3 is 2.45 bits per heavy atom. The second-order valence-electron chi connectivity index (χ2n) is 4.28. The van der Waals surface area contributed by atoms with E-state index in [4.69, 9.17) is 0 Å². The van der Waals surface area contributed by atoms with Crippen LogP contribution in [0, 0.1) is 15.9 Å². The number of rotatable bonds is 4. The van der Waals surface area contributed by atoms with Crippen molar-refractivity contribution in [1.82, 2.24) is 0 Å². The monoisotopic (exact) mass is 339 g/mol. The lowest BCUT2D eigenvalue weighted by Crippen LogP contribution is -2.05. The van der Waals surface area contributed by atoms with Crippen LogP contribution in [0.2, 0.25) is 0 Å². The molecule has 104 valence electrons. The van der Waals surface area contributed by atoms with E-state index in [0.717, 1.165) is 0 Å². The summed E-state index contributed by atoms with van der Waals surface area (Å²) in [6.07, 6.45) is -0.843. The molecule has 2 aromatic carbocycles. The van der Waals surface area contributed by atoms with Crippen molar-refractivity contribution >= 4 is 21.6 Å². The third-order valence-electron chi connectivity index (χ3n) is 2.91. The summed E-state index contributed by atoms with van der Waals surface area (Å²) in [5.74, 6) is -0.492. The topological polar surface area (TPSA) is 63.4 Å². The van der Waals surface area contributed by atoms with Gasteiger partial charge in [-0.3, -0.25) is 10.1 Å². The van der Waals surface area contributed by atoms with Crippen molar-refractivity contribution in [3.8, 4) is 0 Å². The number of hydrogen-bond acceptors (Lipinski definition) is 3. The zero-order valence-corrected chi connectivity index (χ0v) is 11.9. The number of nitro groups is 1. The summed E-state index contributed by atoms with van der Waals surface area (Å²) in [5.41, 5.74) is 0.861. The molecular weight excluding hydrogens is 329 g/mol. The maximum atomic E-state index is 13.7. The van der Waals surface area contributed by atoms with Crippen LogP contribution >= 0.6 is 15.9 Å². The van der Waals surface area contributed by atoms with E-state index in [2.05, 4.69) is 15.9 Å². The van der Waals surface area contributed by atoms with E-state index in [9.17, 15) is 19.6 Å². The predicted octanol–water partition coefficient (Wildman–Crippen LogP) is 3.77. The van der Waals surface area contributed by atoms with Gasteiger partial charge in [-0.1, -0.05) is 34.1 Å². The first-order valence-electron chi connectivity index (χ1n) is 5.84. The van der Waals surface area contributed by atoms with E-state index >= 15 is 0 Å². The van der Waals surface area contributed by atoms with Gasteiger partial charge in [-0.2, -0.15) is 0 Å². The molecule has 20 heavy (non-hydrogen) atoms. The van der Waals surface area contributed by atoms with E-state index < -0.39 is 16.8 Å². The first-order chi connectivity index (χ1) is 9.49.